The van der Waals surface area contributed by atoms with Crippen LogP contribution in [0.4, 0.5) is 13.2 Å². The number of carboxylic acids is 1. The van der Waals surface area contributed by atoms with Crippen LogP contribution in [0.3, 0.4) is 0 Å². The van der Waals surface area contributed by atoms with Gasteiger partial charge in [0.2, 0.25) is 0 Å². The molecule has 5 nitrogen and oxygen atoms in total. The van der Waals surface area contributed by atoms with Crippen molar-refractivity contribution in [1.29, 1.82) is 0 Å². The molecule has 0 atom stereocenters. The highest BCUT2D eigenvalue weighted by atomic mass is 19.4. The van der Waals surface area contributed by atoms with Crippen LogP contribution in [0.1, 0.15) is 23.2 Å². The Morgan fingerprint density at radius 3 is 2.64 bits per heavy atom. The molecule has 0 aliphatic carbocycles. The lowest BCUT2D eigenvalue weighted by atomic mass is 10.1. The molecule has 2 aromatic rings. The van der Waals surface area contributed by atoms with E-state index in [0.29, 0.717) is 5.69 Å². The predicted octanol–water partition coefficient (Wildman–Crippen LogP) is 2.51. The number of carboxylic acid groups (broad SMARTS) is 1. The van der Waals surface area contributed by atoms with E-state index in [4.69, 9.17) is 5.11 Å². The highest BCUT2D eigenvalue weighted by Crippen LogP contribution is 2.30. The lowest BCUT2D eigenvalue weighted by Crippen LogP contribution is -2.18. The monoisotopic (exact) mass is 314 g/mol. The van der Waals surface area contributed by atoms with Gasteiger partial charge in [-0.2, -0.15) is 13.2 Å². The van der Waals surface area contributed by atoms with Crippen molar-refractivity contribution in [2.24, 2.45) is 0 Å². The minimum atomic E-state index is -4.51. The molecule has 0 saturated heterocycles. The van der Waals surface area contributed by atoms with Gasteiger partial charge in [-0.15, -0.1) is 0 Å². The highest BCUT2D eigenvalue weighted by molar-refractivity contribution is 5.67. The molecule has 118 valence electrons. The maximum Gasteiger partial charge on any atom is 0.416 e. The lowest BCUT2D eigenvalue weighted by Gasteiger charge is -2.08. The smallest absolute Gasteiger partial charge is 0.416 e. The molecule has 0 unspecified atom stereocenters. The van der Waals surface area contributed by atoms with Gasteiger partial charge in [-0.3, -0.25) is 14.7 Å². The third-order valence-electron chi connectivity index (χ3n) is 3.21. The molecule has 22 heavy (non-hydrogen) atoms. The molecule has 1 heterocycles. The van der Waals surface area contributed by atoms with Crippen LogP contribution >= 0.6 is 0 Å². The second-order valence-electron chi connectivity index (χ2n) is 4.80. The number of aliphatic carboxylic acids is 1. The summed E-state index contributed by atoms with van der Waals surface area (Å²) >= 11 is 0. The molecule has 8 heteroatoms. The van der Waals surface area contributed by atoms with Gasteiger partial charge in [0.25, 0.3) is 5.56 Å². The highest BCUT2D eigenvalue weighted by Gasteiger charge is 2.30. The number of carbonyl (C=O) groups is 1. The Labute approximate surface area is 123 Å². The van der Waals surface area contributed by atoms with E-state index in [1.54, 1.807) is 6.92 Å². The number of halogens is 3. The summed E-state index contributed by atoms with van der Waals surface area (Å²) in [5.74, 6) is -1.05. The average Bonchev–Trinajstić information content (AvgIpc) is 2.71. The fraction of sp³-hybridized carbons (Fsp3) is 0.286. The van der Waals surface area contributed by atoms with E-state index >= 15 is 0 Å². The maximum atomic E-state index is 12.7. The number of hydrogen-bond acceptors (Lipinski definition) is 2. The Kier molecular flexibility index (Phi) is 4.11. The van der Waals surface area contributed by atoms with Gasteiger partial charge in [0.1, 0.15) is 0 Å². The molecule has 0 spiro atoms. The van der Waals surface area contributed by atoms with E-state index in [1.165, 1.54) is 12.1 Å². The number of hydrogen-bond donors (Lipinski definition) is 2. The third kappa shape index (κ3) is 3.21. The van der Waals surface area contributed by atoms with E-state index in [0.717, 1.165) is 16.8 Å². The molecule has 2 rings (SSSR count). The number of aryl methyl sites for hydroxylation is 1. The van der Waals surface area contributed by atoms with Crippen LogP contribution in [0.5, 0.6) is 0 Å². The first-order valence-corrected chi connectivity index (χ1v) is 6.40. The molecule has 0 amide bonds. The number of alkyl halides is 3. The number of rotatable bonds is 4. The molecule has 0 fully saturated rings. The summed E-state index contributed by atoms with van der Waals surface area (Å²) in [5.41, 5.74) is -0.678. The molecular weight excluding hydrogens is 301 g/mol. The van der Waals surface area contributed by atoms with Gasteiger partial charge in [0.15, 0.2) is 0 Å². The number of benzene rings is 1. The van der Waals surface area contributed by atoms with Gasteiger partial charge in [0, 0.05) is 17.7 Å². The first-order chi connectivity index (χ1) is 10.2. The first kappa shape index (κ1) is 15.9. The van der Waals surface area contributed by atoms with Gasteiger partial charge in [0.05, 0.1) is 11.3 Å². The molecule has 2 N–H and O–H groups in total. The van der Waals surface area contributed by atoms with Crippen molar-refractivity contribution >= 4 is 5.97 Å². The summed E-state index contributed by atoms with van der Waals surface area (Å²) in [5, 5.41) is 11.3. The van der Waals surface area contributed by atoms with E-state index < -0.39 is 23.3 Å². The lowest BCUT2D eigenvalue weighted by molar-refractivity contribution is -0.138. The zero-order chi connectivity index (χ0) is 16.5. The predicted molar refractivity (Wildman–Crippen MR) is 72.1 cm³/mol. The van der Waals surface area contributed by atoms with Crippen molar-refractivity contribution in [3.63, 3.8) is 0 Å². The molecule has 0 bridgehead atoms. The summed E-state index contributed by atoms with van der Waals surface area (Å²) < 4.78 is 39.1. The van der Waals surface area contributed by atoms with Crippen LogP contribution in [0, 0.1) is 6.92 Å². The van der Waals surface area contributed by atoms with E-state index in [-0.39, 0.29) is 24.1 Å². The Hall–Kier alpha value is -2.51. The zero-order valence-electron chi connectivity index (χ0n) is 11.6. The molecule has 1 aromatic heterocycles. The average molecular weight is 314 g/mol. The number of nitrogens with zero attached hydrogens (tertiary/aromatic N) is 1. The minimum absolute atomic E-state index is 0.0163. The summed E-state index contributed by atoms with van der Waals surface area (Å²) in [6.45, 7) is 1.57. The van der Waals surface area contributed by atoms with Crippen molar-refractivity contribution < 1.29 is 23.1 Å². The van der Waals surface area contributed by atoms with Crippen molar-refractivity contribution in [2.45, 2.75) is 25.9 Å². The summed E-state index contributed by atoms with van der Waals surface area (Å²) in [6.07, 6.45) is -4.72. The van der Waals surface area contributed by atoms with Crippen molar-refractivity contribution in [1.82, 2.24) is 9.78 Å². The van der Waals surface area contributed by atoms with Gasteiger partial charge < -0.3 is 5.11 Å². The molecular formula is C14H13F3N2O3. The van der Waals surface area contributed by atoms with E-state index in [1.807, 2.05) is 0 Å². The SMILES string of the molecule is Cc1[nH]n(-c2cccc(C(F)(F)F)c2)c(=O)c1CCC(=O)O. The number of aromatic nitrogens is 2. The maximum absolute atomic E-state index is 12.7. The minimum Gasteiger partial charge on any atom is -0.481 e. The Morgan fingerprint density at radius 1 is 1.36 bits per heavy atom. The summed E-state index contributed by atoms with van der Waals surface area (Å²) in [7, 11) is 0. The fourth-order valence-electron chi connectivity index (χ4n) is 2.11. The van der Waals surface area contributed by atoms with E-state index in [2.05, 4.69) is 5.10 Å². The zero-order valence-corrected chi connectivity index (χ0v) is 11.6. The van der Waals surface area contributed by atoms with Crippen molar-refractivity contribution in [2.75, 3.05) is 0 Å². The van der Waals surface area contributed by atoms with Gasteiger partial charge in [-0.05, 0) is 31.5 Å². The van der Waals surface area contributed by atoms with Crippen LogP contribution in [0.25, 0.3) is 5.69 Å². The topological polar surface area (TPSA) is 75.1 Å². The van der Waals surface area contributed by atoms with Crippen LogP contribution in [-0.2, 0) is 17.4 Å². The van der Waals surface area contributed by atoms with Gasteiger partial charge in [-0.25, -0.2) is 4.68 Å². The Balaban J connectivity index is 2.44. The Bertz CT molecular complexity index is 759. The number of nitrogens with one attached hydrogen (secondary N) is 1. The second-order valence-corrected chi connectivity index (χ2v) is 4.80. The van der Waals surface area contributed by atoms with Crippen LogP contribution in [0.2, 0.25) is 0 Å². The van der Waals surface area contributed by atoms with Crippen LogP contribution in [-0.4, -0.2) is 20.9 Å². The molecule has 0 radical (unpaired) electrons. The normalized spacial score (nSPS) is 11.6. The quantitative estimate of drug-likeness (QED) is 0.910. The van der Waals surface area contributed by atoms with E-state index in [9.17, 15) is 22.8 Å². The van der Waals surface area contributed by atoms with Crippen molar-refractivity contribution in [3.05, 3.63) is 51.4 Å². The Morgan fingerprint density at radius 2 is 2.05 bits per heavy atom. The fourth-order valence-corrected chi connectivity index (χ4v) is 2.11. The second kappa shape index (κ2) is 5.70. The van der Waals surface area contributed by atoms with Crippen molar-refractivity contribution in [3.8, 4) is 5.69 Å². The first-order valence-electron chi connectivity index (χ1n) is 6.40. The number of H-pyrrole nitrogens is 1. The standard InChI is InChI=1S/C14H13F3N2O3/c1-8-11(5-6-12(20)21)13(22)19(18-8)10-4-2-3-9(7-10)14(15,16)17/h2-4,7,18H,5-6H2,1H3,(H,20,21). The molecule has 1 aromatic carbocycles. The third-order valence-corrected chi connectivity index (χ3v) is 3.21. The summed E-state index contributed by atoms with van der Waals surface area (Å²) in [4.78, 5) is 22.8. The molecule has 0 saturated carbocycles. The van der Waals surface area contributed by atoms with Crippen LogP contribution < -0.4 is 5.56 Å². The molecule has 0 aliphatic heterocycles. The summed E-state index contributed by atoms with van der Waals surface area (Å²) in [6, 6.07) is 4.35. The largest absolute Gasteiger partial charge is 0.481 e. The van der Waals surface area contributed by atoms with Crippen LogP contribution in [0.15, 0.2) is 29.1 Å². The molecule has 0 aliphatic rings. The van der Waals surface area contributed by atoms with Gasteiger partial charge >= 0.3 is 12.1 Å². The number of aromatic amines is 1. The van der Waals surface area contributed by atoms with Gasteiger partial charge in [-0.1, -0.05) is 6.07 Å².